The van der Waals surface area contributed by atoms with Gasteiger partial charge in [0.25, 0.3) is 0 Å². The number of ether oxygens (including phenoxy) is 1. The van der Waals surface area contributed by atoms with Crippen LogP contribution in [0.15, 0.2) is 12.5 Å². The number of hydrogen-bond donors (Lipinski definition) is 3. The molecule has 0 amide bonds. The quantitative estimate of drug-likeness (QED) is 0.502. The normalized spacial score (nSPS) is 31.2. The second-order valence-corrected chi connectivity index (χ2v) is 5.14. The van der Waals surface area contributed by atoms with Crippen molar-refractivity contribution in [2.24, 2.45) is 0 Å². The molecule has 1 unspecified atom stereocenters. The molecule has 3 N–H and O–H groups in total. The Hall–Kier alpha value is -1.09. The van der Waals surface area contributed by atoms with Crippen molar-refractivity contribution >= 4 is 31.6 Å². The molecule has 102 valence electrons. The SMILES string of the molecule is OC[C@H]1OC(n2ncc3c([SeH])ncnc32)[C@H](O)[C@@H]1O. The van der Waals surface area contributed by atoms with Gasteiger partial charge in [-0.3, -0.25) is 0 Å². The molecule has 3 heterocycles. The summed E-state index contributed by atoms with van der Waals surface area (Å²) in [7, 11) is 0. The fourth-order valence-electron chi connectivity index (χ4n) is 2.12. The predicted molar refractivity (Wildman–Crippen MR) is 65.1 cm³/mol. The van der Waals surface area contributed by atoms with Crippen LogP contribution in [0.25, 0.3) is 11.0 Å². The number of hydrogen-bond acceptors (Lipinski definition) is 7. The molecular formula is C10H12N4O4Se. The van der Waals surface area contributed by atoms with Gasteiger partial charge in [-0.15, -0.1) is 0 Å². The summed E-state index contributed by atoms with van der Waals surface area (Å²) in [6.07, 6.45) is -1.10. The van der Waals surface area contributed by atoms with Gasteiger partial charge in [-0.1, -0.05) is 0 Å². The first kappa shape index (κ1) is 12.9. The molecule has 0 aromatic carbocycles. The molecule has 1 aliphatic rings. The Morgan fingerprint density at radius 3 is 2.79 bits per heavy atom. The summed E-state index contributed by atoms with van der Waals surface area (Å²) in [5.41, 5.74) is 0.500. The van der Waals surface area contributed by atoms with E-state index in [1.165, 1.54) is 11.0 Å². The van der Waals surface area contributed by atoms with Gasteiger partial charge in [0.15, 0.2) is 0 Å². The molecule has 9 heteroatoms. The third-order valence-corrected chi connectivity index (χ3v) is 3.88. The maximum absolute atomic E-state index is 9.97. The molecule has 8 nitrogen and oxygen atoms in total. The molecule has 2 aromatic rings. The average molecular weight is 331 g/mol. The minimum atomic E-state index is -1.18. The molecule has 0 radical (unpaired) electrons. The van der Waals surface area contributed by atoms with Crippen LogP contribution in [-0.4, -0.2) is 76.0 Å². The van der Waals surface area contributed by atoms with Crippen LogP contribution in [0.4, 0.5) is 0 Å². The van der Waals surface area contributed by atoms with Crippen LogP contribution < -0.4 is 4.59 Å². The van der Waals surface area contributed by atoms with E-state index in [9.17, 15) is 10.2 Å². The molecule has 2 aromatic heterocycles. The molecule has 0 saturated carbocycles. The molecule has 19 heavy (non-hydrogen) atoms. The zero-order valence-electron chi connectivity index (χ0n) is 9.66. The molecule has 0 aliphatic carbocycles. The van der Waals surface area contributed by atoms with E-state index in [-0.39, 0.29) is 6.61 Å². The summed E-state index contributed by atoms with van der Waals surface area (Å²) >= 11 is 2.31. The van der Waals surface area contributed by atoms with E-state index in [2.05, 4.69) is 31.1 Å². The number of nitrogens with zero attached hydrogens (tertiary/aromatic N) is 4. The third kappa shape index (κ3) is 1.95. The fourth-order valence-corrected chi connectivity index (χ4v) is 2.56. The van der Waals surface area contributed by atoms with Crippen molar-refractivity contribution in [1.29, 1.82) is 0 Å². The second kappa shape index (κ2) is 4.78. The van der Waals surface area contributed by atoms with Gasteiger partial charge in [0, 0.05) is 0 Å². The molecule has 1 saturated heterocycles. The van der Waals surface area contributed by atoms with Gasteiger partial charge >= 0.3 is 115 Å². The Morgan fingerprint density at radius 2 is 2.11 bits per heavy atom. The van der Waals surface area contributed by atoms with E-state index in [0.29, 0.717) is 10.2 Å². The summed E-state index contributed by atoms with van der Waals surface area (Å²) in [6, 6.07) is 0. The Kier molecular flexibility index (Phi) is 3.25. The van der Waals surface area contributed by atoms with E-state index < -0.39 is 24.5 Å². The molecule has 0 bridgehead atoms. The standard InChI is InChI=1S/C10H12N4O4Se/c15-2-5-6(16)7(17)10(18-5)14-8-4(1-13-14)9(19)12-3-11-8/h1,3,5-7,10,15-17H,2H2,(H,11,12,19)/t5-,6-,7-,10?/m1/s1. The number of aromatic nitrogens is 4. The van der Waals surface area contributed by atoms with E-state index in [4.69, 9.17) is 9.84 Å². The second-order valence-electron chi connectivity index (χ2n) is 4.25. The Labute approximate surface area is 115 Å². The molecule has 0 spiro atoms. The van der Waals surface area contributed by atoms with Crippen molar-refractivity contribution in [3.63, 3.8) is 0 Å². The topological polar surface area (TPSA) is 114 Å². The zero-order valence-corrected chi connectivity index (χ0v) is 11.5. The monoisotopic (exact) mass is 332 g/mol. The molecular weight excluding hydrogens is 319 g/mol. The van der Waals surface area contributed by atoms with Crippen molar-refractivity contribution < 1.29 is 20.1 Å². The summed E-state index contributed by atoms with van der Waals surface area (Å²) < 4.78 is 7.50. The van der Waals surface area contributed by atoms with Crippen LogP contribution in [0.2, 0.25) is 0 Å². The zero-order chi connectivity index (χ0) is 13.6. The van der Waals surface area contributed by atoms with Crippen LogP contribution in [0.3, 0.4) is 0 Å². The average Bonchev–Trinajstić information content (AvgIpc) is 2.94. The minimum absolute atomic E-state index is 0.376. The van der Waals surface area contributed by atoms with E-state index in [1.54, 1.807) is 6.20 Å². The Bertz CT molecular complexity index is 606. The van der Waals surface area contributed by atoms with Crippen LogP contribution in [0.5, 0.6) is 0 Å². The molecule has 1 fully saturated rings. The van der Waals surface area contributed by atoms with Gasteiger partial charge in [0.05, 0.1) is 0 Å². The summed E-state index contributed by atoms with van der Waals surface area (Å²) in [5, 5.41) is 33.6. The van der Waals surface area contributed by atoms with Gasteiger partial charge in [0.2, 0.25) is 0 Å². The number of aliphatic hydroxyl groups is 3. The van der Waals surface area contributed by atoms with Gasteiger partial charge in [-0.25, -0.2) is 0 Å². The number of aliphatic hydroxyl groups excluding tert-OH is 3. The Balaban J connectivity index is 2.04. The van der Waals surface area contributed by atoms with Crippen molar-refractivity contribution in [3.8, 4) is 0 Å². The summed E-state index contributed by atoms with van der Waals surface area (Å²) in [4.78, 5) is 8.13. The van der Waals surface area contributed by atoms with Crippen LogP contribution >= 0.6 is 0 Å². The van der Waals surface area contributed by atoms with Gasteiger partial charge in [-0.05, 0) is 0 Å². The Morgan fingerprint density at radius 1 is 1.32 bits per heavy atom. The molecule has 4 atom stereocenters. The molecule has 3 rings (SSSR count). The fraction of sp³-hybridized carbons (Fsp3) is 0.500. The first-order chi connectivity index (χ1) is 9.13. The van der Waals surface area contributed by atoms with Crippen molar-refractivity contribution in [2.75, 3.05) is 6.61 Å². The van der Waals surface area contributed by atoms with Crippen LogP contribution in [-0.2, 0) is 4.74 Å². The van der Waals surface area contributed by atoms with E-state index >= 15 is 0 Å². The molecule has 1 aliphatic heterocycles. The van der Waals surface area contributed by atoms with E-state index in [0.717, 1.165) is 5.39 Å². The van der Waals surface area contributed by atoms with Crippen molar-refractivity contribution in [3.05, 3.63) is 12.5 Å². The first-order valence-corrected chi connectivity index (χ1v) is 6.57. The van der Waals surface area contributed by atoms with E-state index in [1.807, 2.05) is 0 Å². The van der Waals surface area contributed by atoms with Gasteiger partial charge in [-0.2, -0.15) is 0 Å². The maximum atomic E-state index is 9.97. The van der Waals surface area contributed by atoms with Crippen LogP contribution in [0, 0.1) is 0 Å². The van der Waals surface area contributed by atoms with Crippen molar-refractivity contribution in [2.45, 2.75) is 24.5 Å². The van der Waals surface area contributed by atoms with Gasteiger partial charge in [0.1, 0.15) is 0 Å². The van der Waals surface area contributed by atoms with Crippen molar-refractivity contribution in [1.82, 2.24) is 19.7 Å². The number of rotatable bonds is 2. The van der Waals surface area contributed by atoms with Crippen LogP contribution in [0.1, 0.15) is 6.23 Å². The number of fused-ring (bicyclic) bond motifs is 1. The predicted octanol–water partition coefficient (Wildman–Crippen LogP) is -3.04. The summed E-state index contributed by atoms with van der Waals surface area (Å²) in [5.74, 6) is 0. The summed E-state index contributed by atoms with van der Waals surface area (Å²) in [6.45, 7) is -0.376. The first-order valence-electron chi connectivity index (χ1n) is 5.63. The van der Waals surface area contributed by atoms with Gasteiger partial charge < -0.3 is 0 Å². The third-order valence-electron chi connectivity index (χ3n) is 3.13.